The highest BCUT2D eigenvalue weighted by atomic mass is 16.5. The minimum absolute atomic E-state index is 0.202. The first-order chi connectivity index (χ1) is 15.7. The van der Waals surface area contributed by atoms with E-state index in [4.69, 9.17) is 14.2 Å². The molecule has 1 heterocycles. The third-order valence-corrected chi connectivity index (χ3v) is 5.47. The number of methoxy groups -OCH3 is 2. The lowest BCUT2D eigenvalue weighted by Gasteiger charge is -2.25. The van der Waals surface area contributed by atoms with Gasteiger partial charge in [0.15, 0.2) is 11.5 Å². The summed E-state index contributed by atoms with van der Waals surface area (Å²) < 4.78 is 16.0. The fourth-order valence-corrected chi connectivity index (χ4v) is 3.44. The van der Waals surface area contributed by atoms with Crippen molar-refractivity contribution in [2.24, 2.45) is 0 Å². The van der Waals surface area contributed by atoms with Crippen LogP contribution >= 0.6 is 0 Å². The number of benzene rings is 2. The molecule has 0 unspecified atom stereocenters. The van der Waals surface area contributed by atoms with Gasteiger partial charge in [0.25, 0.3) is 5.91 Å². The maximum Gasteiger partial charge on any atom is 0.341 e. The number of anilines is 1. The number of aromatic nitrogens is 2. The molecule has 2 N–H and O–H groups in total. The Kier molecular flexibility index (Phi) is 7.06. The summed E-state index contributed by atoms with van der Waals surface area (Å²) in [6.07, 6.45) is 0. The fourth-order valence-electron chi connectivity index (χ4n) is 3.44. The van der Waals surface area contributed by atoms with E-state index in [-0.39, 0.29) is 12.5 Å². The van der Waals surface area contributed by atoms with Crippen molar-refractivity contribution < 1.29 is 23.8 Å². The molecule has 8 nitrogen and oxygen atoms in total. The van der Waals surface area contributed by atoms with Gasteiger partial charge in [-0.1, -0.05) is 26.0 Å². The average Bonchev–Trinajstić information content (AvgIpc) is 3.15. The van der Waals surface area contributed by atoms with Gasteiger partial charge in [0.2, 0.25) is 0 Å². The molecular formula is C25H29N3O5. The van der Waals surface area contributed by atoms with Gasteiger partial charge >= 0.3 is 5.97 Å². The van der Waals surface area contributed by atoms with Crippen molar-refractivity contribution >= 4 is 17.6 Å². The van der Waals surface area contributed by atoms with Crippen molar-refractivity contribution in [3.8, 4) is 11.5 Å². The SMILES string of the molecule is COc1ccc(C(=O)Nc2ccc(C(C)(C)COC(=O)c3c(C)n[nH]c3C)cc2)cc1OC. The zero-order valence-electron chi connectivity index (χ0n) is 19.7. The zero-order valence-corrected chi connectivity index (χ0v) is 19.7. The number of amides is 1. The summed E-state index contributed by atoms with van der Waals surface area (Å²) in [7, 11) is 3.07. The number of nitrogens with one attached hydrogen (secondary N) is 2. The molecule has 0 radical (unpaired) electrons. The monoisotopic (exact) mass is 451 g/mol. The number of rotatable bonds is 8. The molecule has 0 spiro atoms. The van der Waals surface area contributed by atoms with Gasteiger partial charge in [0.05, 0.1) is 19.9 Å². The van der Waals surface area contributed by atoms with Crippen LogP contribution in [0.2, 0.25) is 0 Å². The van der Waals surface area contributed by atoms with Crippen LogP contribution in [0.1, 0.15) is 51.5 Å². The molecule has 3 aromatic rings. The highest BCUT2D eigenvalue weighted by Gasteiger charge is 2.25. The van der Waals surface area contributed by atoms with E-state index in [0.29, 0.717) is 39.7 Å². The van der Waals surface area contributed by atoms with E-state index >= 15 is 0 Å². The number of esters is 1. The van der Waals surface area contributed by atoms with Gasteiger partial charge in [-0.3, -0.25) is 9.89 Å². The number of hydrogen-bond acceptors (Lipinski definition) is 6. The Morgan fingerprint density at radius 3 is 2.24 bits per heavy atom. The van der Waals surface area contributed by atoms with E-state index in [2.05, 4.69) is 15.5 Å². The number of aryl methyl sites for hydroxylation is 2. The van der Waals surface area contributed by atoms with Crippen molar-refractivity contribution in [1.29, 1.82) is 0 Å². The number of carbonyl (C=O) groups is 2. The Labute approximate surface area is 193 Å². The number of carbonyl (C=O) groups excluding carboxylic acids is 2. The summed E-state index contributed by atoms with van der Waals surface area (Å²) in [5.74, 6) is 0.380. The van der Waals surface area contributed by atoms with Crippen LogP contribution < -0.4 is 14.8 Å². The van der Waals surface area contributed by atoms with Crippen LogP contribution in [0.5, 0.6) is 11.5 Å². The van der Waals surface area contributed by atoms with E-state index in [1.165, 1.54) is 7.11 Å². The summed E-state index contributed by atoms with van der Waals surface area (Å²) in [6, 6.07) is 12.4. The Balaban J connectivity index is 1.65. The molecule has 174 valence electrons. The lowest BCUT2D eigenvalue weighted by Crippen LogP contribution is -2.26. The van der Waals surface area contributed by atoms with Gasteiger partial charge < -0.3 is 19.5 Å². The maximum absolute atomic E-state index is 12.6. The first-order valence-corrected chi connectivity index (χ1v) is 10.5. The van der Waals surface area contributed by atoms with Gasteiger partial charge in [-0.2, -0.15) is 5.10 Å². The van der Waals surface area contributed by atoms with Crippen LogP contribution in [0.4, 0.5) is 5.69 Å². The lowest BCUT2D eigenvalue weighted by molar-refractivity contribution is 0.0425. The Morgan fingerprint density at radius 1 is 1.00 bits per heavy atom. The third-order valence-electron chi connectivity index (χ3n) is 5.47. The number of H-pyrrole nitrogens is 1. The molecule has 0 aliphatic rings. The van der Waals surface area contributed by atoms with Crippen molar-refractivity contribution in [2.75, 3.05) is 26.1 Å². The number of nitrogens with zero attached hydrogens (tertiary/aromatic N) is 1. The number of hydrogen-bond donors (Lipinski definition) is 2. The summed E-state index contributed by atoms with van der Waals surface area (Å²) >= 11 is 0. The molecule has 0 aliphatic heterocycles. The lowest BCUT2D eigenvalue weighted by atomic mass is 9.85. The standard InChI is InChI=1S/C25H29N3O5/c1-15-22(16(2)28-27-15)24(30)33-14-25(3,4)18-8-10-19(11-9-18)26-23(29)17-7-12-20(31-5)21(13-17)32-6/h7-13H,14H2,1-6H3,(H,26,29)(H,27,28). The van der Waals surface area contributed by atoms with Crippen LogP contribution in [0.15, 0.2) is 42.5 Å². The second kappa shape index (κ2) is 9.77. The first-order valence-electron chi connectivity index (χ1n) is 10.5. The molecule has 0 aliphatic carbocycles. The first kappa shape index (κ1) is 23.8. The maximum atomic E-state index is 12.6. The van der Waals surface area contributed by atoms with Gasteiger partial charge in [0.1, 0.15) is 12.2 Å². The van der Waals surface area contributed by atoms with Crippen molar-refractivity contribution in [2.45, 2.75) is 33.1 Å². The van der Waals surface area contributed by atoms with Gasteiger partial charge in [-0.25, -0.2) is 4.79 Å². The molecule has 0 bridgehead atoms. The Morgan fingerprint density at radius 2 is 1.67 bits per heavy atom. The van der Waals surface area contributed by atoms with Gasteiger partial charge in [-0.05, 0) is 49.7 Å². The predicted molar refractivity (Wildman–Crippen MR) is 125 cm³/mol. The molecular weight excluding hydrogens is 422 g/mol. The fraction of sp³-hybridized carbons (Fsp3) is 0.320. The second-order valence-corrected chi connectivity index (χ2v) is 8.37. The quantitative estimate of drug-likeness (QED) is 0.491. The van der Waals surface area contributed by atoms with E-state index in [1.807, 2.05) is 38.1 Å². The van der Waals surface area contributed by atoms with Gasteiger partial charge in [0, 0.05) is 22.4 Å². The Hall–Kier alpha value is -3.81. The summed E-state index contributed by atoms with van der Waals surface area (Å²) in [6.45, 7) is 7.74. The topological polar surface area (TPSA) is 103 Å². The van der Waals surface area contributed by atoms with E-state index in [9.17, 15) is 9.59 Å². The Bertz CT molecular complexity index is 1130. The molecule has 0 saturated heterocycles. The molecule has 8 heteroatoms. The highest BCUT2D eigenvalue weighted by Crippen LogP contribution is 2.29. The van der Waals surface area contributed by atoms with Crippen molar-refractivity contribution in [3.63, 3.8) is 0 Å². The van der Waals surface area contributed by atoms with E-state index in [1.54, 1.807) is 39.2 Å². The van der Waals surface area contributed by atoms with Crippen LogP contribution in [0, 0.1) is 13.8 Å². The molecule has 0 atom stereocenters. The number of ether oxygens (including phenoxy) is 3. The summed E-state index contributed by atoms with van der Waals surface area (Å²) in [5.41, 5.74) is 3.42. The normalized spacial score (nSPS) is 11.1. The van der Waals surface area contributed by atoms with Crippen LogP contribution in [0.3, 0.4) is 0 Å². The minimum Gasteiger partial charge on any atom is -0.493 e. The van der Waals surface area contributed by atoms with Gasteiger partial charge in [-0.15, -0.1) is 0 Å². The number of aromatic amines is 1. The smallest absolute Gasteiger partial charge is 0.341 e. The predicted octanol–water partition coefficient (Wildman–Crippen LogP) is 4.43. The highest BCUT2D eigenvalue weighted by molar-refractivity contribution is 6.04. The second-order valence-electron chi connectivity index (χ2n) is 8.37. The molecule has 0 saturated carbocycles. The molecule has 33 heavy (non-hydrogen) atoms. The molecule has 1 aromatic heterocycles. The van der Waals surface area contributed by atoms with Crippen molar-refractivity contribution in [3.05, 3.63) is 70.5 Å². The molecule has 3 rings (SSSR count). The third kappa shape index (κ3) is 5.34. The average molecular weight is 452 g/mol. The molecule has 1 amide bonds. The van der Waals surface area contributed by atoms with Crippen LogP contribution in [-0.4, -0.2) is 42.9 Å². The summed E-state index contributed by atoms with van der Waals surface area (Å²) in [5, 5.41) is 9.71. The molecule has 0 fully saturated rings. The zero-order chi connectivity index (χ0) is 24.2. The van der Waals surface area contributed by atoms with E-state index in [0.717, 1.165) is 5.56 Å². The summed E-state index contributed by atoms with van der Waals surface area (Å²) in [4.78, 5) is 25.1. The van der Waals surface area contributed by atoms with E-state index < -0.39 is 11.4 Å². The van der Waals surface area contributed by atoms with Crippen molar-refractivity contribution in [1.82, 2.24) is 10.2 Å². The van der Waals surface area contributed by atoms with Crippen LogP contribution in [0.25, 0.3) is 0 Å². The minimum atomic E-state index is -0.424. The molecule has 2 aromatic carbocycles. The van der Waals surface area contributed by atoms with Crippen LogP contribution in [-0.2, 0) is 10.2 Å². The largest absolute Gasteiger partial charge is 0.493 e.